The smallest absolute Gasteiger partial charge is 0.119 e. The number of hydrogen-bond donors (Lipinski definition) is 3. The van der Waals surface area contributed by atoms with E-state index in [9.17, 15) is 0 Å². The number of benzene rings is 10. The number of rotatable bonds is 9. The Bertz CT molecular complexity index is 3730. The molecule has 0 spiro atoms. The third-order valence-corrected chi connectivity index (χ3v) is 14.0. The zero-order chi connectivity index (χ0) is 46.2. The molecule has 0 saturated carbocycles. The number of hydrogen-bond acceptors (Lipinski definition) is 3. The molecule has 0 radical (unpaired) electrons. The van der Waals surface area contributed by atoms with E-state index >= 15 is 0 Å². The van der Waals surface area contributed by atoms with Crippen molar-refractivity contribution in [2.45, 2.75) is 0 Å². The molecular formula is C63H45N3O3. The highest BCUT2D eigenvalue weighted by molar-refractivity contribution is 6.11. The number of para-hydroxylation sites is 3. The highest BCUT2D eigenvalue weighted by Crippen LogP contribution is 2.46. The second kappa shape index (κ2) is 16.1. The van der Waals surface area contributed by atoms with E-state index in [2.05, 4.69) is 215 Å². The van der Waals surface area contributed by atoms with E-state index in [1.54, 1.807) is 21.3 Å². The van der Waals surface area contributed by atoms with Crippen molar-refractivity contribution in [3.63, 3.8) is 0 Å². The molecule has 0 amide bonds. The van der Waals surface area contributed by atoms with Gasteiger partial charge in [-0.05, 0) is 158 Å². The summed E-state index contributed by atoms with van der Waals surface area (Å²) >= 11 is 0. The van der Waals surface area contributed by atoms with Gasteiger partial charge in [0.05, 0.1) is 21.3 Å². The lowest BCUT2D eigenvalue weighted by Gasteiger charge is -2.19. The summed E-state index contributed by atoms with van der Waals surface area (Å²) in [7, 11) is 5.20. The number of nitrogens with one attached hydrogen (secondary N) is 3. The quantitative estimate of drug-likeness (QED) is 0.135. The van der Waals surface area contributed by atoms with Crippen molar-refractivity contribution in [3.8, 4) is 84.0 Å². The maximum atomic E-state index is 5.99. The normalized spacial score (nSPS) is 11.7. The SMILES string of the molecule is COc1ccc(-c2ccc3c(c2)[nH]c2ccccc23)c(-c2cc(-c3cc(OC)ccc3-c3ccc4c(c3)[nH]c3ccccc34)cc(-c3cc(OC)ccc3-c3ccc4c(c3)[nH]c3ccccc34)c2)c1. The second-order valence-electron chi connectivity index (χ2n) is 17.8. The van der Waals surface area contributed by atoms with E-state index in [1.807, 2.05) is 0 Å². The van der Waals surface area contributed by atoms with Gasteiger partial charge in [-0.2, -0.15) is 0 Å². The van der Waals surface area contributed by atoms with Crippen LogP contribution in [-0.4, -0.2) is 36.3 Å². The molecule has 6 nitrogen and oxygen atoms in total. The van der Waals surface area contributed by atoms with E-state index in [-0.39, 0.29) is 0 Å². The highest BCUT2D eigenvalue weighted by Gasteiger charge is 2.20. The number of ether oxygens (including phenoxy) is 3. The molecule has 3 aromatic heterocycles. The molecule has 13 rings (SSSR count). The van der Waals surface area contributed by atoms with Crippen molar-refractivity contribution in [2.24, 2.45) is 0 Å². The predicted octanol–water partition coefficient (Wildman–Crippen LogP) is 16.6. The van der Waals surface area contributed by atoms with Gasteiger partial charge in [0.25, 0.3) is 0 Å². The summed E-state index contributed by atoms with van der Waals surface area (Å²) in [6.45, 7) is 0. The average molecular weight is 892 g/mol. The molecule has 0 fully saturated rings. The van der Waals surface area contributed by atoms with Crippen LogP contribution in [0.4, 0.5) is 0 Å². The third kappa shape index (κ3) is 6.79. The Kier molecular flexibility index (Phi) is 9.41. The number of aromatic nitrogens is 3. The zero-order valence-corrected chi connectivity index (χ0v) is 38.3. The molecule has 0 aliphatic carbocycles. The summed E-state index contributed by atoms with van der Waals surface area (Å²) in [4.78, 5) is 11.0. The van der Waals surface area contributed by atoms with Gasteiger partial charge in [-0.1, -0.05) is 109 Å². The van der Waals surface area contributed by atoms with Crippen LogP contribution in [-0.2, 0) is 0 Å². The first kappa shape index (κ1) is 40.3. The standard InChI is InChI=1S/C63H45N3O3/c1-67-43-19-25-46(37-16-22-52-49-10-4-7-13-58(49)64-61(52)31-37)55(34-43)40-28-41(56-35-44(68-2)20-26-47(56)38-17-23-53-50-11-5-8-14-59(50)65-62(53)32-38)30-42(29-40)57-36-45(69-3)21-27-48(57)39-18-24-54-51-12-6-9-15-60(51)66-63(54)33-39/h4-36,64-66H,1-3H3. The second-order valence-corrected chi connectivity index (χ2v) is 17.8. The van der Waals surface area contributed by atoms with Gasteiger partial charge < -0.3 is 29.2 Å². The Morgan fingerprint density at radius 1 is 0.232 bits per heavy atom. The molecule has 10 aromatic carbocycles. The lowest BCUT2D eigenvalue weighted by atomic mass is 9.85. The maximum absolute atomic E-state index is 5.99. The molecule has 330 valence electrons. The van der Waals surface area contributed by atoms with Crippen LogP contribution < -0.4 is 14.2 Å². The van der Waals surface area contributed by atoms with Gasteiger partial charge in [-0.15, -0.1) is 0 Å². The largest absolute Gasteiger partial charge is 0.497 e. The van der Waals surface area contributed by atoms with E-state index in [0.717, 1.165) is 117 Å². The van der Waals surface area contributed by atoms with Crippen LogP contribution in [0.25, 0.3) is 132 Å². The minimum Gasteiger partial charge on any atom is -0.497 e. The molecule has 69 heavy (non-hydrogen) atoms. The van der Waals surface area contributed by atoms with Crippen molar-refractivity contribution in [2.75, 3.05) is 21.3 Å². The average Bonchev–Trinajstić information content (AvgIpc) is 4.10. The van der Waals surface area contributed by atoms with E-state index < -0.39 is 0 Å². The fraction of sp³-hybridized carbons (Fsp3) is 0.0476. The molecule has 0 atom stereocenters. The molecule has 13 aromatic rings. The van der Waals surface area contributed by atoms with Crippen molar-refractivity contribution in [1.29, 1.82) is 0 Å². The summed E-state index contributed by atoms with van der Waals surface area (Å²) in [6.07, 6.45) is 0. The molecular weight excluding hydrogens is 847 g/mol. The lowest BCUT2D eigenvalue weighted by Crippen LogP contribution is -1.94. The molecule has 0 unspecified atom stereocenters. The molecule has 6 heteroatoms. The Morgan fingerprint density at radius 2 is 0.522 bits per heavy atom. The Morgan fingerprint density at radius 3 is 0.826 bits per heavy atom. The fourth-order valence-corrected chi connectivity index (χ4v) is 10.6. The van der Waals surface area contributed by atoms with Crippen LogP contribution in [0, 0.1) is 0 Å². The molecule has 0 saturated heterocycles. The van der Waals surface area contributed by atoms with Gasteiger partial charge in [0.1, 0.15) is 17.2 Å². The number of H-pyrrole nitrogens is 3. The summed E-state index contributed by atoms with van der Waals surface area (Å²) in [6, 6.07) is 71.8. The van der Waals surface area contributed by atoms with Crippen molar-refractivity contribution in [1.82, 2.24) is 15.0 Å². The summed E-state index contributed by atoms with van der Waals surface area (Å²) in [5, 5.41) is 7.22. The molecule has 3 heterocycles. The molecule has 0 aliphatic heterocycles. The first-order valence-corrected chi connectivity index (χ1v) is 23.2. The number of aromatic amines is 3. The Balaban J connectivity index is 1.06. The monoisotopic (exact) mass is 891 g/mol. The first-order valence-electron chi connectivity index (χ1n) is 23.2. The van der Waals surface area contributed by atoms with Gasteiger partial charge >= 0.3 is 0 Å². The maximum Gasteiger partial charge on any atom is 0.119 e. The summed E-state index contributed by atoms with van der Waals surface area (Å²) in [5.41, 5.74) is 19.4. The Hall–Kier alpha value is -9.00. The number of fused-ring (bicyclic) bond motifs is 9. The van der Waals surface area contributed by atoms with Crippen LogP contribution in [0.5, 0.6) is 17.2 Å². The molecule has 0 aliphatic rings. The minimum atomic E-state index is 0.773. The van der Waals surface area contributed by atoms with E-state index in [0.29, 0.717) is 0 Å². The summed E-state index contributed by atoms with van der Waals surface area (Å²) in [5.74, 6) is 2.32. The highest BCUT2D eigenvalue weighted by atomic mass is 16.5. The van der Waals surface area contributed by atoms with E-state index in [4.69, 9.17) is 14.2 Å². The van der Waals surface area contributed by atoms with Crippen LogP contribution in [0.1, 0.15) is 0 Å². The summed E-state index contributed by atoms with van der Waals surface area (Å²) < 4.78 is 18.0. The van der Waals surface area contributed by atoms with Gasteiger partial charge in [-0.25, -0.2) is 0 Å². The van der Waals surface area contributed by atoms with Gasteiger partial charge in [0.15, 0.2) is 0 Å². The fourth-order valence-electron chi connectivity index (χ4n) is 10.6. The van der Waals surface area contributed by atoms with Gasteiger partial charge in [-0.3, -0.25) is 0 Å². The number of methoxy groups -OCH3 is 3. The Labute approximate surface area is 398 Å². The van der Waals surface area contributed by atoms with Crippen molar-refractivity contribution in [3.05, 3.63) is 200 Å². The predicted molar refractivity (Wildman–Crippen MR) is 287 cm³/mol. The van der Waals surface area contributed by atoms with Gasteiger partial charge in [0, 0.05) is 65.4 Å². The van der Waals surface area contributed by atoms with Gasteiger partial charge in [0.2, 0.25) is 0 Å². The van der Waals surface area contributed by atoms with Crippen molar-refractivity contribution >= 4 is 65.4 Å². The minimum absolute atomic E-state index is 0.773. The van der Waals surface area contributed by atoms with Crippen LogP contribution in [0.3, 0.4) is 0 Å². The van der Waals surface area contributed by atoms with Crippen molar-refractivity contribution < 1.29 is 14.2 Å². The van der Waals surface area contributed by atoms with Crippen LogP contribution >= 0.6 is 0 Å². The van der Waals surface area contributed by atoms with Crippen LogP contribution in [0.2, 0.25) is 0 Å². The lowest BCUT2D eigenvalue weighted by molar-refractivity contribution is 0.415. The molecule has 3 N–H and O–H groups in total. The first-order chi connectivity index (χ1) is 34.0. The zero-order valence-electron chi connectivity index (χ0n) is 38.3. The molecule has 0 bridgehead atoms. The van der Waals surface area contributed by atoms with Crippen LogP contribution in [0.15, 0.2) is 200 Å². The third-order valence-electron chi connectivity index (χ3n) is 14.0. The topological polar surface area (TPSA) is 75.1 Å². The van der Waals surface area contributed by atoms with E-state index in [1.165, 1.54) is 32.3 Å².